The Hall–Kier alpha value is -1.02. The molecule has 0 bridgehead atoms. The first-order chi connectivity index (χ1) is 11.9. The largest absolute Gasteiger partial charge is 0.401 e. The number of aliphatic imine (C=N–C) groups is 1. The Morgan fingerprint density at radius 3 is 2.64 bits per heavy atom. The first-order valence-electron chi connectivity index (χ1n) is 9.30. The molecule has 2 unspecified atom stereocenters. The number of aliphatic hydroxyl groups is 1. The Kier molecular flexibility index (Phi) is 10.2. The highest BCUT2D eigenvalue weighted by atomic mass is 19.4. The second kappa shape index (κ2) is 11.6. The Bertz CT molecular complexity index is 385. The SMILES string of the molecule is CCCC(CCO)CN=C(NCC)NCC1CCN(CC(F)(F)F)C1. The summed E-state index contributed by atoms with van der Waals surface area (Å²) >= 11 is 0. The summed E-state index contributed by atoms with van der Waals surface area (Å²) < 4.78 is 37.3. The number of nitrogens with zero attached hydrogens (tertiary/aromatic N) is 2. The second-order valence-electron chi connectivity index (χ2n) is 6.77. The van der Waals surface area contributed by atoms with Gasteiger partial charge in [0.25, 0.3) is 0 Å². The first-order valence-corrected chi connectivity index (χ1v) is 9.30. The molecule has 1 aliphatic rings. The number of likely N-dealkylation sites (tertiary alicyclic amines) is 1. The molecule has 1 saturated heterocycles. The average Bonchev–Trinajstić information content (AvgIpc) is 2.95. The molecule has 0 amide bonds. The van der Waals surface area contributed by atoms with E-state index < -0.39 is 12.7 Å². The highest BCUT2D eigenvalue weighted by molar-refractivity contribution is 5.79. The number of hydrogen-bond acceptors (Lipinski definition) is 3. The van der Waals surface area contributed by atoms with E-state index in [0.717, 1.165) is 32.2 Å². The van der Waals surface area contributed by atoms with Crippen molar-refractivity contribution in [3.63, 3.8) is 0 Å². The van der Waals surface area contributed by atoms with Crippen LogP contribution >= 0.6 is 0 Å². The van der Waals surface area contributed by atoms with Crippen LogP contribution < -0.4 is 10.6 Å². The highest BCUT2D eigenvalue weighted by Gasteiger charge is 2.34. The van der Waals surface area contributed by atoms with Crippen molar-refractivity contribution in [3.8, 4) is 0 Å². The summed E-state index contributed by atoms with van der Waals surface area (Å²) in [6.45, 7) is 6.41. The van der Waals surface area contributed by atoms with E-state index in [1.807, 2.05) is 6.92 Å². The number of guanidine groups is 1. The van der Waals surface area contributed by atoms with Crippen molar-refractivity contribution < 1.29 is 18.3 Å². The molecule has 0 aromatic carbocycles. The normalized spacial score (nSPS) is 20.7. The monoisotopic (exact) mass is 366 g/mol. The molecule has 0 aromatic heterocycles. The predicted molar refractivity (Wildman–Crippen MR) is 94.7 cm³/mol. The third-order valence-electron chi connectivity index (χ3n) is 4.42. The average molecular weight is 366 g/mol. The topological polar surface area (TPSA) is 59.9 Å². The summed E-state index contributed by atoms with van der Waals surface area (Å²) in [4.78, 5) is 6.05. The van der Waals surface area contributed by atoms with Crippen LogP contribution in [0.4, 0.5) is 13.2 Å². The summed E-state index contributed by atoms with van der Waals surface area (Å²) in [6.07, 6.45) is -0.531. The summed E-state index contributed by atoms with van der Waals surface area (Å²) in [5.41, 5.74) is 0. The van der Waals surface area contributed by atoms with Gasteiger partial charge in [-0.05, 0) is 44.6 Å². The quantitative estimate of drug-likeness (QED) is 0.410. The standard InChI is InChI=1S/C17H33F3N4O/c1-3-5-14(7-9-25)10-22-16(21-4-2)23-11-15-6-8-24(12-15)13-17(18,19)20/h14-15,25H,3-13H2,1-2H3,(H2,21,22,23). The molecule has 1 heterocycles. The first kappa shape index (κ1) is 22.0. The van der Waals surface area contributed by atoms with Crippen LogP contribution in [-0.2, 0) is 0 Å². The van der Waals surface area contributed by atoms with Crippen LogP contribution in [0.3, 0.4) is 0 Å². The van der Waals surface area contributed by atoms with E-state index in [1.165, 1.54) is 4.90 Å². The molecule has 0 aliphatic carbocycles. The van der Waals surface area contributed by atoms with E-state index in [2.05, 4.69) is 22.5 Å². The molecule has 8 heteroatoms. The van der Waals surface area contributed by atoms with Crippen LogP contribution in [0.5, 0.6) is 0 Å². The van der Waals surface area contributed by atoms with E-state index in [-0.39, 0.29) is 12.5 Å². The van der Waals surface area contributed by atoms with E-state index >= 15 is 0 Å². The van der Waals surface area contributed by atoms with Crippen LogP contribution in [-0.4, -0.2) is 68.0 Å². The van der Waals surface area contributed by atoms with Crippen molar-refractivity contribution in [2.24, 2.45) is 16.8 Å². The summed E-state index contributed by atoms with van der Waals surface area (Å²) in [5, 5.41) is 15.6. The number of hydrogen-bond donors (Lipinski definition) is 3. The molecular formula is C17H33F3N4O. The lowest BCUT2D eigenvalue weighted by atomic mass is 10.0. The van der Waals surface area contributed by atoms with Gasteiger partial charge in [-0.25, -0.2) is 0 Å². The summed E-state index contributed by atoms with van der Waals surface area (Å²) in [5.74, 6) is 1.27. The van der Waals surface area contributed by atoms with Gasteiger partial charge in [-0.2, -0.15) is 13.2 Å². The van der Waals surface area contributed by atoms with Gasteiger partial charge >= 0.3 is 6.18 Å². The molecule has 1 rings (SSSR count). The van der Waals surface area contributed by atoms with Crippen LogP contribution in [0, 0.1) is 11.8 Å². The Morgan fingerprint density at radius 1 is 1.28 bits per heavy atom. The van der Waals surface area contributed by atoms with Gasteiger partial charge in [-0.3, -0.25) is 9.89 Å². The second-order valence-corrected chi connectivity index (χ2v) is 6.77. The zero-order chi connectivity index (χ0) is 18.7. The third-order valence-corrected chi connectivity index (χ3v) is 4.42. The molecule has 5 nitrogen and oxygen atoms in total. The van der Waals surface area contributed by atoms with E-state index in [0.29, 0.717) is 38.1 Å². The van der Waals surface area contributed by atoms with E-state index in [9.17, 15) is 13.2 Å². The fourth-order valence-corrected chi connectivity index (χ4v) is 3.20. The van der Waals surface area contributed by atoms with Crippen LogP contribution in [0.15, 0.2) is 4.99 Å². The van der Waals surface area contributed by atoms with Gasteiger partial charge in [0.1, 0.15) is 0 Å². The maximum Gasteiger partial charge on any atom is 0.401 e. The van der Waals surface area contributed by atoms with Gasteiger partial charge in [-0.15, -0.1) is 0 Å². The predicted octanol–water partition coefficient (Wildman–Crippen LogP) is 2.22. The van der Waals surface area contributed by atoms with Gasteiger partial charge in [0.15, 0.2) is 5.96 Å². The lowest BCUT2D eigenvalue weighted by molar-refractivity contribution is -0.143. The van der Waals surface area contributed by atoms with Gasteiger partial charge in [0.05, 0.1) is 6.54 Å². The molecule has 0 spiro atoms. The Balaban J connectivity index is 2.43. The molecule has 0 saturated carbocycles. The minimum Gasteiger partial charge on any atom is -0.396 e. The van der Waals surface area contributed by atoms with Crippen molar-refractivity contribution in [1.29, 1.82) is 0 Å². The minimum atomic E-state index is -4.13. The maximum absolute atomic E-state index is 12.4. The van der Waals surface area contributed by atoms with Crippen LogP contribution in [0.2, 0.25) is 0 Å². The molecule has 0 aromatic rings. The van der Waals surface area contributed by atoms with E-state index in [4.69, 9.17) is 5.11 Å². The fraction of sp³-hybridized carbons (Fsp3) is 0.941. The Labute approximate surface area is 149 Å². The molecule has 1 aliphatic heterocycles. The molecule has 148 valence electrons. The summed E-state index contributed by atoms with van der Waals surface area (Å²) in [7, 11) is 0. The van der Waals surface area contributed by atoms with Crippen molar-refractivity contribution in [1.82, 2.24) is 15.5 Å². The number of nitrogens with one attached hydrogen (secondary N) is 2. The van der Waals surface area contributed by atoms with E-state index in [1.54, 1.807) is 0 Å². The van der Waals surface area contributed by atoms with Crippen molar-refractivity contribution in [2.75, 3.05) is 45.9 Å². The van der Waals surface area contributed by atoms with Crippen molar-refractivity contribution in [3.05, 3.63) is 0 Å². The lowest BCUT2D eigenvalue weighted by Crippen LogP contribution is -2.41. The van der Waals surface area contributed by atoms with Gasteiger partial charge in [0.2, 0.25) is 0 Å². The lowest BCUT2D eigenvalue weighted by Gasteiger charge is -2.19. The maximum atomic E-state index is 12.4. The zero-order valence-electron chi connectivity index (χ0n) is 15.4. The fourth-order valence-electron chi connectivity index (χ4n) is 3.20. The molecule has 3 N–H and O–H groups in total. The smallest absolute Gasteiger partial charge is 0.396 e. The van der Waals surface area contributed by atoms with Crippen LogP contribution in [0.25, 0.3) is 0 Å². The van der Waals surface area contributed by atoms with Gasteiger partial charge in [-0.1, -0.05) is 13.3 Å². The van der Waals surface area contributed by atoms with Crippen molar-refractivity contribution >= 4 is 5.96 Å². The van der Waals surface area contributed by atoms with Gasteiger partial charge in [0, 0.05) is 32.8 Å². The number of alkyl halides is 3. The Morgan fingerprint density at radius 2 is 2.04 bits per heavy atom. The van der Waals surface area contributed by atoms with Gasteiger partial charge < -0.3 is 15.7 Å². The zero-order valence-corrected chi connectivity index (χ0v) is 15.4. The minimum absolute atomic E-state index is 0.168. The summed E-state index contributed by atoms with van der Waals surface area (Å²) in [6, 6.07) is 0. The molecule has 2 atom stereocenters. The molecule has 0 radical (unpaired) electrons. The third kappa shape index (κ3) is 9.89. The number of halogens is 3. The number of aliphatic hydroxyl groups excluding tert-OH is 1. The number of rotatable bonds is 10. The molecule has 1 fully saturated rings. The van der Waals surface area contributed by atoms with Crippen molar-refractivity contribution in [2.45, 2.75) is 45.7 Å². The highest BCUT2D eigenvalue weighted by Crippen LogP contribution is 2.22. The molecule has 25 heavy (non-hydrogen) atoms. The van der Waals surface area contributed by atoms with Crippen LogP contribution in [0.1, 0.15) is 39.5 Å². The molecular weight excluding hydrogens is 333 g/mol.